The summed E-state index contributed by atoms with van der Waals surface area (Å²) in [6.07, 6.45) is 2.45. The Morgan fingerprint density at radius 3 is 3.00 bits per heavy atom. The van der Waals surface area contributed by atoms with Crippen LogP contribution >= 0.6 is 11.8 Å². The summed E-state index contributed by atoms with van der Waals surface area (Å²) in [5, 5.41) is 3.37. The van der Waals surface area contributed by atoms with Crippen LogP contribution in [0.2, 0.25) is 0 Å². The van der Waals surface area contributed by atoms with Crippen molar-refractivity contribution in [1.82, 2.24) is 10.2 Å². The van der Waals surface area contributed by atoms with Crippen molar-refractivity contribution in [2.24, 2.45) is 5.41 Å². The Balaban J connectivity index is 2.08. The molecule has 2 rings (SSSR count). The normalized spacial score (nSPS) is 31.2. The van der Waals surface area contributed by atoms with Crippen molar-refractivity contribution in [3.8, 4) is 0 Å². The molecule has 1 unspecified atom stereocenters. The molecule has 16 heavy (non-hydrogen) atoms. The van der Waals surface area contributed by atoms with E-state index in [0.717, 1.165) is 25.4 Å². The molecular weight excluding hydrogens is 220 g/mol. The Morgan fingerprint density at radius 2 is 2.31 bits per heavy atom. The van der Waals surface area contributed by atoms with Gasteiger partial charge in [0.05, 0.1) is 5.41 Å². The highest BCUT2D eigenvalue weighted by atomic mass is 32.2. The van der Waals surface area contributed by atoms with Crippen molar-refractivity contribution >= 4 is 17.7 Å². The second-order valence-corrected chi connectivity index (χ2v) is 6.58. The van der Waals surface area contributed by atoms with E-state index >= 15 is 0 Å². The number of nitrogens with one attached hydrogen (secondary N) is 1. The Labute approximate surface area is 102 Å². The number of carbonyl (C=O) groups excluding carboxylic acids is 1. The minimum absolute atomic E-state index is 0.237. The predicted molar refractivity (Wildman–Crippen MR) is 68.7 cm³/mol. The van der Waals surface area contributed by atoms with Gasteiger partial charge in [0, 0.05) is 31.4 Å². The average molecular weight is 242 g/mol. The lowest BCUT2D eigenvalue weighted by atomic mass is 9.91. The van der Waals surface area contributed by atoms with Crippen LogP contribution in [0.25, 0.3) is 0 Å². The SMILES string of the molecule is CC1(C)CNCCN(C2CCCSC2)C1=O. The lowest BCUT2D eigenvalue weighted by Gasteiger charge is -2.36. The van der Waals surface area contributed by atoms with Gasteiger partial charge in [-0.15, -0.1) is 0 Å². The summed E-state index contributed by atoms with van der Waals surface area (Å²) in [6.45, 7) is 6.74. The highest BCUT2D eigenvalue weighted by Crippen LogP contribution is 2.27. The van der Waals surface area contributed by atoms with Crippen LogP contribution < -0.4 is 5.32 Å². The van der Waals surface area contributed by atoms with Gasteiger partial charge in [-0.1, -0.05) is 0 Å². The summed E-state index contributed by atoms with van der Waals surface area (Å²) in [5.41, 5.74) is -0.237. The zero-order valence-corrected chi connectivity index (χ0v) is 11.1. The predicted octanol–water partition coefficient (Wildman–Crippen LogP) is 1.34. The zero-order valence-electron chi connectivity index (χ0n) is 10.3. The van der Waals surface area contributed by atoms with E-state index in [1.54, 1.807) is 0 Å². The van der Waals surface area contributed by atoms with Crippen LogP contribution in [0, 0.1) is 5.41 Å². The fraction of sp³-hybridized carbons (Fsp3) is 0.917. The van der Waals surface area contributed by atoms with Crippen molar-refractivity contribution in [2.75, 3.05) is 31.1 Å². The third kappa shape index (κ3) is 2.54. The third-order valence-electron chi connectivity index (χ3n) is 3.51. The fourth-order valence-electron chi connectivity index (χ4n) is 2.48. The quantitative estimate of drug-likeness (QED) is 0.753. The Kier molecular flexibility index (Phi) is 3.80. The molecule has 1 atom stereocenters. The summed E-state index contributed by atoms with van der Waals surface area (Å²) in [7, 11) is 0. The van der Waals surface area contributed by atoms with E-state index in [0.29, 0.717) is 11.9 Å². The molecule has 2 aliphatic rings. The van der Waals surface area contributed by atoms with E-state index in [1.165, 1.54) is 18.6 Å². The molecule has 1 N–H and O–H groups in total. The summed E-state index contributed by atoms with van der Waals surface area (Å²) in [5.74, 6) is 2.73. The molecule has 2 fully saturated rings. The van der Waals surface area contributed by atoms with Crippen LogP contribution in [-0.4, -0.2) is 48.0 Å². The molecule has 1 amide bonds. The number of thioether (sulfide) groups is 1. The number of hydrogen-bond acceptors (Lipinski definition) is 3. The van der Waals surface area contributed by atoms with Crippen LogP contribution in [0.3, 0.4) is 0 Å². The third-order valence-corrected chi connectivity index (χ3v) is 4.71. The number of rotatable bonds is 1. The number of nitrogens with zero attached hydrogens (tertiary/aromatic N) is 1. The molecule has 4 heteroatoms. The zero-order chi connectivity index (χ0) is 11.6. The van der Waals surface area contributed by atoms with Gasteiger partial charge in [-0.2, -0.15) is 11.8 Å². The maximum absolute atomic E-state index is 12.4. The fourth-order valence-corrected chi connectivity index (χ4v) is 3.64. The number of hydrogen-bond donors (Lipinski definition) is 1. The first-order valence-electron chi connectivity index (χ1n) is 6.21. The maximum Gasteiger partial charge on any atom is 0.229 e. The molecule has 0 spiro atoms. The minimum atomic E-state index is -0.237. The monoisotopic (exact) mass is 242 g/mol. The van der Waals surface area contributed by atoms with Gasteiger partial charge in [0.1, 0.15) is 0 Å². The van der Waals surface area contributed by atoms with Crippen LogP contribution in [0.1, 0.15) is 26.7 Å². The van der Waals surface area contributed by atoms with Crippen molar-refractivity contribution in [2.45, 2.75) is 32.7 Å². The molecule has 3 nitrogen and oxygen atoms in total. The van der Waals surface area contributed by atoms with E-state index in [4.69, 9.17) is 0 Å². The molecule has 2 aliphatic heterocycles. The minimum Gasteiger partial charge on any atom is -0.337 e. The van der Waals surface area contributed by atoms with Gasteiger partial charge in [0.25, 0.3) is 0 Å². The van der Waals surface area contributed by atoms with E-state index in [1.807, 2.05) is 11.8 Å². The average Bonchev–Trinajstić information content (AvgIpc) is 2.41. The van der Waals surface area contributed by atoms with Crippen molar-refractivity contribution in [1.29, 1.82) is 0 Å². The van der Waals surface area contributed by atoms with Crippen molar-refractivity contribution < 1.29 is 4.79 Å². The summed E-state index contributed by atoms with van der Waals surface area (Å²) in [4.78, 5) is 14.6. The first-order chi connectivity index (χ1) is 7.61. The molecular formula is C12H22N2OS. The van der Waals surface area contributed by atoms with E-state index in [9.17, 15) is 4.79 Å². The molecule has 0 radical (unpaired) electrons. The van der Waals surface area contributed by atoms with Gasteiger partial charge < -0.3 is 10.2 Å². The Hall–Kier alpha value is -0.220. The molecule has 0 saturated carbocycles. The number of amides is 1. The number of carbonyl (C=O) groups is 1. The van der Waals surface area contributed by atoms with E-state index in [-0.39, 0.29) is 5.41 Å². The molecule has 0 aromatic heterocycles. The second-order valence-electron chi connectivity index (χ2n) is 5.43. The van der Waals surface area contributed by atoms with E-state index < -0.39 is 0 Å². The van der Waals surface area contributed by atoms with Gasteiger partial charge in [0.15, 0.2) is 0 Å². The molecule has 0 aromatic rings. The largest absolute Gasteiger partial charge is 0.337 e. The molecule has 2 heterocycles. The maximum atomic E-state index is 12.4. The van der Waals surface area contributed by atoms with E-state index in [2.05, 4.69) is 24.1 Å². The van der Waals surface area contributed by atoms with Gasteiger partial charge >= 0.3 is 0 Å². The summed E-state index contributed by atoms with van der Waals surface area (Å²) >= 11 is 1.99. The van der Waals surface area contributed by atoms with Gasteiger partial charge in [0.2, 0.25) is 5.91 Å². The standard InChI is InChI=1S/C12H22N2OS/c1-12(2)9-13-5-6-14(11(12)15)10-4-3-7-16-8-10/h10,13H,3-9H2,1-2H3. The molecule has 92 valence electrons. The van der Waals surface area contributed by atoms with Crippen LogP contribution in [-0.2, 0) is 4.79 Å². The smallest absolute Gasteiger partial charge is 0.229 e. The van der Waals surface area contributed by atoms with Gasteiger partial charge in [-0.3, -0.25) is 4.79 Å². The van der Waals surface area contributed by atoms with Crippen LogP contribution in [0.5, 0.6) is 0 Å². The first-order valence-corrected chi connectivity index (χ1v) is 7.36. The van der Waals surface area contributed by atoms with Crippen molar-refractivity contribution in [3.05, 3.63) is 0 Å². The van der Waals surface area contributed by atoms with Gasteiger partial charge in [-0.05, 0) is 32.4 Å². The molecule has 0 bridgehead atoms. The Bertz CT molecular complexity index is 262. The lowest BCUT2D eigenvalue weighted by Crippen LogP contribution is -2.48. The Morgan fingerprint density at radius 1 is 1.50 bits per heavy atom. The van der Waals surface area contributed by atoms with Crippen molar-refractivity contribution in [3.63, 3.8) is 0 Å². The summed E-state index contributed by atoms with van der Waals surface area (Å²) in [6, 6.07) is 0.477. The van der Waals surface area contributed by atoms with Gasteiger partial charge in [-0.25, -0.2) is 0 Å². The molecule has 0 aromatic carbocycles. The molecule has 0 aliphatic carbocycles. The first kappa shape index (κ1) is 12.2. The highest BCUT2D eigenvalue weighted by molar-refractivity contribution is 7.99. The van der Waals surface area contributed by atoms with Crippen LogP contribution in [0.15, 0.2) is 0 Å². The van der Waals surface area contributed by atoms with Crippen LogP contribution in [0.4, 0.5) is 0 Å². The topological polar surface area (TPSA) is 32.3 Å². The second kappa shape index (κ2) is 4.96. The molecule has 2 saturated heterocycles. The highest BCUT2D eigenvalue weighted by Gasteiger charge is 2.37. The summed E-state index contributed by atoms with van der Waals surface area (Å²) < 4.78 is 0. The lowest BCUT2D eigenvalue weighted by molar-refractivity contribution is -0.141.